The first kappa shape index (κ1) is 24.7. The summed E-state index contributed by atoms with van der Waals surface area (Å²) in [6.07, 6.45) is 3.99. The first-order valence-electron chi connectivity index (χ1n) is 12.3. The predicted molar refractivity (Wildman–Crippen MR) is 134 cm³/mol. The molecule has 186 valence electrons. The predicted octanol–water partition coefficient (Wildman–Crippen LogP) is 2.98. The van der Waals surface area contributed by atoms with Gasteiger partial charge in [0.25, 0.3) is 0 Å². The molecule has 4 rings (SSSR count). The average molecular weight is 479 g/mol. The molecule has 8 heteroatoms. The van der Waals surface area contributed by atoms with Gasteiger partial charge in [0.05, 0.1) is 37.8 Å². The van der Waals surface area contributed by atoms with E-state index >= 15 is 0 Å². The van der Waals surface area contributed by atoms with Gasteiger partial charge in [-0.2, -0.15) is 0 Å². The second-order valence-corrected chi connectivity index (χ2v) is 8.78. The summed E-state index contributed by atoms with van der Waals surface area (Å²) in [7, 11) is 1.63. The number of hydrogen-bond acceptors (Lipinski definition) is 5. The van der Waals surface area contributed by atoms with Crippen molar-refractivity contribution < 1.29 is 19.1 Å². The lowest BCUT2D eigenvalue weighted by atomic mass is 10.1. The molecule has 0 aliphatic carbocycles. The van der Waals surface area contributed by atoms with E-state index in [0.29, 0.717) is 45.8 Å². The molecule has 2 heterocycles. The molecule has 0 bridgehead atoms. The summed E-state index contributed by atoms with van der Waals surface area (Å²) in [6.45, 7) is 3.44. The number of ether oxygens (including phenoxy) is 2. The largest absolute Gasteiger partial charge is 0.497 e. The summed E-state index contributed by atoms with van der Waals surface area (Å²) in [6, 6.07) is 15.5. The molecule has 1 saturated heterocycles. The summed E-state index contributed by atoms with van der Waals surface area (Å²) in [4.78, 5) is 31.8. The van der Waals surface area contributed by atoms with Gasteiger partial charge in [-0.15, -0.1) is 0 Å². The van der Waals surface area contributed by atoms with E-state index in [4.69, 9.17) is 14.5 Å². The minimum Gasteiger partial charge on any atom is -0.497 e. The Morgan fingerprint density at radius 3 is 2.57 bits per heavy atom. The molecule has 0 saturated carbocycles. The number of morpholine rings is 1. The number of para-hydroxylation sites is 2. The smallest absolute Gasteiger partial charge is 0.242 e. The Balaban J connectivity index is 1.24. The van der Waals surface area contributed by atoms with Crippen molar-refractivity contribution in [1.29, 1.82) is 0 Å². The van der Waals surface area contributed by atoms with Crippen molar-refractivity contribution in [1.82, 2.24) is 19.8 Å². The number of carbonyl (C=O) groups excluding carboxylic acids is 2. The average Bonchev–Trinajstić information content (AvgIpc) is 3.24. The number of aromatic nitrogens is 2. The molecule has 1 aliphatic heterocycles. The van der Waals surface area contributed by atoms with Crippen LogP contribution in [0.15, 0.2) is 48.5 Å². The van der Waals surface area contributed by atoms with Crippen LogP contribution >= 0.6 is 0 Å². The van der Waals surface area contributed by atoms with Crippen LogP contribution in [0.3, 0.4) is 0 Å². The van der Waals surface area contributed by atoms with E-state index < -0.39 is 0 Å². The van der Waals surface area contributed by atoms with Gasteiger partial charge < -0.3 is 24.3 Å². The number of unbranched alkanes of at least 4 members (excludes halogenated alkanes) is 2. The quantitative estimate of drug-likeness (QED) is 0.428. The summed E-state index contributed by atoms with van der Waals surface area (Å²) in [5.74, 6) is 1.86. The van der Waals surface area contributed by atoms with Gasteiger partial charge in [0.2, 0.25) is 11.8 Å². The minimum absolute atomic E-state index is 0.0265. The molecule has 35 heavy (non-hydrogen) atoms. The van der Waals surface area contributed by atoms with E-state index in [2.05, 4.69) is 9.88 Å². The Hall–Kier alpha value is -3.39. The molecule has 2 amide bonds. The Morgan fingerprint density at radius 2 is 1.80 bits per heavy atom. The van der Waals surface area contributed by atoms with Crippen molar-refractivity contribution in [2.45, 2.75) is 38.6 Å². The lowest BCUT2D eigenvalue weighted by molar-refractivity contribution is -0.135. The van der Waals surface area contributed by atoms with Gasteiger partial charge >= 0.3 is 0 Å². The second-order valence-electron chi connectivity index (χ2n) is 8.78. The van der Waals surface area contributed by atoms with Crippen LogP contribution in [0.1, 0.15) is 30.7 Å². The van der Waals surface area contributed by atoms with Gasteiger partial charge in [-0.3, -0.25) is 9.59 Å². The molecule has 1 aromatic heterocycles. The van der Waals surface area contributed by atoms with Gasteiger partial charge in [-0.05, 0) is 42.7 Å². The number of nitrogens with one attached hydrogen (secondary N) is 1. The minimum atomic E-state index is 0.0265. The number of amides is 2. The van der Waals surface area contributed by atoms with E-state index in [1.807, 2.05) is 53.4 Å². The van der Waals surface area contributed by atoms with Crippen LogP contribution in [-0.2, 0) is 33.7 Å². The molecule has 1 N–H and O–H groups in total. The van der Waals surface area contributed by atoms with Crippen molar-refractivity contribution in [3.8, 4) is 5.75 Å². The van der Waals surface area contributed by atoms with Crippen LogP contribution < -0.4 is 10.1 Å². The molecule has 3 aromatic rings. The number of fused-ring (bicyclic) bond motifs is 1. The van der Waals surface area contributed by atoms with Crippen molar-refractivity contribution in [2.24, 2.45) is 0 Å². The van der Waals surface area contributed by atoms with E-state index in [1.54, 1.807) is 7.11 Å². The summed E-state index contributed by atoms with van der Waals surface area (Å²) < 4.78 is 12.6. The number of benzene rings is 2. The second kappa shape index (κ2) is 12.4. The van der Waals surface area contributed by atoms with Crippen molar-refractivity contribution in [3.63, 3.8) is 0 Å². The third-order valence-corrected chi connectivity index (χ3v) is 6.31. The van der Waals surface area contributed by atoms with Crippen LogP contribution in [0.2, 0.25) is 0 Å². The Bertz CT molecular complexity index is 1120. The maximum Gasteiger partial charge on any atom is 0.242 e. The molecular formula is C27H34N4O4. The number of hydrogen-bond donors (Lipinski definition) is 1. The van der Waals surface area contributed by atoms with Gasteiger partial charge in [-0.25, -0.2) is 4.98 Å². The fraction of sp³-hybridized carbons (Fsp3) is 0.444. The molecule has 0 radical (unpaired) electrons. The maximum atomic E-state index is 12.9. The van der Waals surface area contributed by atoms with Gasteiger partial charge in [0.15, 0.2) is 0 Å². The Labute approximate surface area is 206 Å². The summed E-state index contributed by atoms with van der Waals surface area (Å²) >= 11 is 0. The van der Waals surface area contributed by atoms with E-state index in [9.17, 15) is 9.59 Å². The number of imidazole rings is 1. The van der Waals surface area contributed by atoms with Gasteiger partial charge in [-0.1, -0.05) is 30.7 Å². The molecule has 1 fully saturated rings. The highest BCUT2D eigenvalue weighted by Gasteiger charge is 2.20. The zero-order valence-electron chi connectivity index (χ0n) is 20.4. The summed E-state index contributed by atoms with van der Waals surface area (Å²) in [5.41, 5.74) is 2.88. The highest BCUT2D eigenvalue weighted by atomic mass is 16.5. The van der Waals surface area contributed by atoms with Crippen LogP contribution in [-0.4, -0.2) is 66.2 Å². The lowest BCUT2D eigenvalue weighted by Gasteiger charge is -2.27. The van der Waals surface area contributed by atoms with Crippen LogP contribution in [0.4, 0.5) is 0 Å². The highest BCUT2D eigenvalue weighted by molar-refractivity contribution is 5.81. The maximum absolute atomic E-state index is 12.9. The van der Waals surface area contributed by atoms with Crippen LogP contribution in [0.5, 0.6) is 5.75 Å². The Morgan fingerprint density at radius 1 is 1.03 bits per heavy atom. The van der Waals surface area contributed by atoms with Crippen molar-refractivity contribution in [2.75, 3.05) is 40.0 Å². The molecule has 0 atom stereocenters. The Kier molecular flexibility index (Phi) is 8.73. The number of carbonyl (C=O) groups is 2. The molecule has 0 spiro atoms. The van der Waals surface area contributed by atoms with Gasteiger partial charge in [0, 0.05) is 26.1 Å². The molecule has 8 nitrogen and oxygen atoms in total. The zero-order valence-corrected chi connectivity index (χ0v) is 20.4. The highest BCUT2D eigenvalue weighted by Crippen LogP contribution is 2.18. The SMILES string of the molecule is COc1ccc(CC(=O)NCCCCCc2nc3ccccc3n2CC(=O)N2CCOCC2)cc1. The molecule has 2 aromatic carbocycles. The van der Waals surface area contributed by atoms with E-state index in [1.165, 1.54) is 0 Å². The summed E-state index contributed by atoms with van der Waals surface area (Å²) in [5, 5.41) is 3.00. The first-order chi connectivity index (χ1) is 17.1. The topological polar surface area (TPSA) is 85.7 Å². The first-order valence-corrected chi connectivity index (χ1v) is 12.3. The molecule has 0 unspecified atom stereocenters. The third-order valence-electron chi connectivity index (χ3n) is 6.31. The van der Waals surface area contributed by atoms with Gasteiger partial charge in [0.1, 0.15) is 18.1 Å². The molecular weight excluding hydrogens is 444 g/mol. The lowest BCUT2D eigenvalue weighted by Crippen LogP contribution is -2.42. The van der Waals surface area contributed by atoms with Crippen LogP contribution in [0, 0.1) is 0 Å². The monoisotopic (exact) mass is 478 g/mol. The number of rotatable bonds is 11. The molecule has 1 aliphatic rings. The third kappa shape index (κ3) is 6.82. The fourth-order valence-corrected chi connectivity index (χ4v) is 4.34. The number of methoxy groups -OCH3 is 1. The normalized spacial score (nSPS) is 13.7. The van der Waals surface area contributed by atoms with E-state index in [-0.39, 0.29) is 11.8 Å². The van der Waals surface area contributed by atoms with Crippen LogP contribution in [0.25, 0.3) is 11.0 Å². The zero-order chi connectivity index (χ0) is 24.5. The standard InChI is InChI=1S/C27H34N4O4/c1-34-22-12-10-21(11-13-22)19-26(32)28-14-6-2-3-9-25-29-23-7-4-5-8-24(23)31(25)20-27(33)30-15-17-35-18-16-30/h4-5,7-8,10-13H,2-3,6,9,14-20H2,1H3,(H,28,32). The number of aryl methyl sites for hydroxylation is 1. The van der Waals surface area contributed by atoms with Crippen molar-refractivity contribution >= 4 is 22.8 Å². The number of nitrogens with zero attached hydrogens (tertiary/aromatic N) is 3. The fourth-order valence-electron chi connectivity index (χ4n) is 4.34. The van der Waals surface area contributed by atoms with E-state index in [0.717, 1.165) is 53.9 Å². The van der Waals surface area contributed by atoms with Crippen molar-refractivity contribution in [3.05, 3.63) is 59.9 Å².